The first kappa shape index (κ1) is 21.5. The maximum absolute atomic E-state index is 12.0. The Labute approximate surface area is 143 Å². The van der Waals surface area contributed by atoms with Crippen LogP contribution in [0.4, 0.5) is 4.79 Å². The molecule has 130 valence electrons. The van der Waals surface area contributed by atoms with Gasteiger partial charge in [0.25, 0.3) is 0 Å². The summed E-state index contributed by atoms with van der Waals surface area (Å²) in [5.74, 6) is -0.714. The summed E-state index contributed by atoms with van der Waals surface area (Å²) in [5, 5.41) is 14.1. The number of nitrogens with one attached hydrogen (secondary N) is 2. The molecule has 0 spiro atoms. The van der Waals surface area contributed by atoms with Crippen LogP contribution in [0.5, 0.6) is 0 Å². The van der Waals surface area contributed by atoms with E-state index >= 15 is 0 Å². The molecule has 0 saturated carbocycles. The average molecular weight is 362 g/mol. The highest BCUT2D eigenvalue weighted by molar-refractivity contribution is 8.76. The smallest absolute Gasteiger partial charge is 0.408 e. The Morgan fingerprint density at radius 2 is 2.09 bits per heavy atom. The second-order valence-electron chi connectivity index (χ2n) is 5.43. The third-order valence-electron chi connectivity index (χ3n) is 2.28. The van der Waals surface area contributed by atoms with Crippen LogP contribution in [0.25, 0.3) is 0 Å². The molecule has 0 rings (SSSR count). The first-order valence-corrected chi connectivity index (χ1v) is 9.41. The third-order valence-corrected chi connectivity index (χ3v) is 4.48. The molecule has 1 amide bonds. The highest BCUT2D eigenvalue weighted by atomic mass is 33.1. The highest BCUT2D eigenvalue weighted by Gasteiger charge is 2.28. The van der Waals surface area contributed by atoms with Gasteiger partial charge in [0.2, 0.25) is 0 Å². The van der Waals surface area contributed by atoms with Crippen molar-refractivity contribution >= 4 is 33.7 Å². The Morgan fingerprint density at radius 3 is 2.57 bits per heavy atom. The van der Waals surface area contributed by atoms with Gasteiger partial charge >= 0.3 is 12.1 Å². The lowest BCUT2D eigenvalue weighted by atomic mass is 10.1. The summed E-state index contributed by atoms with van der Waals surface area (Å²) in [6.07, 6.45) is 1.34. The van der Waals surface area contributed by atoms with Crippen LogP contribution < -0.4 is 5.32 Å². The minimum Gasteiger partial charge on any atom is -0.449 e. The van der Waals surface area contributed by atoms with Crippen molar-refractivity contribution < 1.29 is 19.1 Å². The van der Waals surface area contributed by atoms with Crippen LogP contribution in [-0.2, 0) is 14.3 Å². The van der Waals surface area contributed by atoms with Crippen molar-refractivity contribution in [3.05, 3.63) is 0 Å². The van der Waals surface area contributed by atoms with Crippen molar-refractivity contribution in [2.75, 3.05) is 19.4 Å². The fraction of sp³-hybridized carbons (Fsp3) is 0.769. The molecule has 0 heterocycles. The molecule has 0 radical (unpaired) electrons. The standard InChI is InChI=1S/C13H22N4O4S2/c1-13(2,3)21-12(19)17-10(11(18)20-6-5-14)7-9(8-16-15)23-22-4/h9-10,15H,6-8H2,1-4H3,(H,17,19)/t9?,10-/m0/s1. The summed E-state index contributed by atoms with van der Waals surface area (Å²) in [5.41, 5.74) is 6.27. The Kier molecular flexibility index (Phi) is 10.4. The lowest BCUT2D eigenvalue weighted by molar-refractivity contribution is -0.144. The number of ether oxygens (including phenoxy) is 2. The molecule has 8 nitrogen and oxygen atoms in total. The number of carbonyl (C=O) groups excluding carboxylic acids is 2. The number of rotatable bonds is 9. The van der Waals surface area contributed by atoms with Crippen molar-refractivity contribution in [2.45, 2.75) is 44.1 Å². The van der Waals surface area contributed by atoms with E-state index in [-0.39, 0.29) is 18.2 Å². The van der Waals surface area contributed by atoms with Crippen LogP contribution in [0.15, 0.2) is 5.11 Å². The molecule has 0 aromatic heterocycles. The van der Waals surface area contributed by atoms with Crippen LogP contribution in [0.2, 0.25) is 0 Å². The number of nitriles is 1. The molecule has 0 aliphatic rings. The molecule has 2 atom stereocenters. The molecule has 1 unspecified atom stereocenters. The van der Waals surface area contributed by atoms with Crippen molar-refractivity contribution in [1.29, 1.82) is 10.8 Å². The molecule has 10 heteroatoms. The number of alkyl carbamates (subject to hydrolysis) is 1. The highest BCUT2D eigenvalue weighted by Crippen LogP contribution is 2.27. The zero-order valence-corrected chi connectivity index (χ0v) is 15.3. The molecule has 0 aliphatic carbocycles. The van der Waals surface area contributed by atoms with E-state index in [1.807, 2.05) is 6.26 Å². The summed E-state index contributed by atoms with van der Waals surface area (Å²) in [7, 11) is 2.92. The average Bonchev–Trinajstić information content (AvgIpc) is 2.42. The van der Waals surface area contributed by atoms with Gasteiger partial charge in [-0.3, -0.25) is 0 Å². The molecular formula is C13H22N4O4S2. The summed E-state index contributed by atoms with van der Waals surface area (Å²) >= 11 is 0. The molecule has 0 bridgehead atoms. The first-order chi connectivity index (χ1) is 10.7. The molecule has 0 fully saturated rings. The molecule has 0 aromatic rings. The van der Waals surface area contributed by atoms with Crippen LogP contribution in [0.3, 0.4) is 0 Å². The first-order valence-electron chi connectivity index (χ1n) is 6.79. The van der Waals surface area contributed by atoms with Crippen molar-refractivity contribution in [2.24, 2.45) is 5.11 Å². The van der Waals surface area contributed by atoms with E-state index in [4.69, 9.17) is 20.3 Å². The van der Waals surface area contributed by atoms with Gasteiger partial charge in [0.1, 0.15) is 17.7 Å². The summed E-state index contributed by atoms with van der Waals surface area (Å²) in [6, 6.07) is 0.736. The maximum Gasteiger partial charge on any atom is 0.408 e. The molecule has 2 N–H and O–H groups in total. The van der Waals surface area contributed by atoms with E-state index < -0.39 is 30.3 Å². The molecular weight excluding hydrogens is 340 g/mol. The number of hydrogen-bond donors (Lipinski definition) is 2. The Morgan fingerprint density at radius 1 is 1.43 bits per heavy atom. The second kappa shape index (κ2) is 11.1. The van der Waals surface area contributed by atoms with E-state index in [2.05, 4.69) is 10.4 Å². The molecule has 0 aliphatic heterocycles. The van der Waals surface area contributed by atoms with Gasteiger partial charge in [0.15, 0.2) is 6.61 Å². The molecule has 0 aromatic carbocycles. The molecule has 0 saturated heterocycles. The van der Waals surface area contributed by atoms with Gasteiger partial charge in [-0.1, -0.05) is 21.6 Å². The van der Waals surface area contributed by atoms with Crippen molar-refractivity contribution in [3.63, 3.8) is 0 Å². The van der Waals surface area contributed by atoms with Gasteiger partial charge in [0.05, 0.1) is 6.54 Å². The number of carbonyl (C=O) groups is 2. The zero-order valence-electron chi connectivity index (χ0n) is 13.6. The van der Waals surface area contributed by atoms with Gasteiger partial charge in [-0.2, -0.15) is 10.4 Å². The van der Waals surface area contributed by atoms with Crippen molar-refractivity contribution in [1.82, 2.24) is 5.32 Å². The summed E-state index contributed by atoms with van der Waals surface area (Å²) in [4.78, 5) is 23.9. The lowest BCUT2D eigenvalue weighted by Gasteiger charge is -2.24. The monoisotopic (exact) mass is 362 g/mol. The lowest BCUT2D eigenvalue weighted by Crippen LogP contribution is -2.45. The molecule has 23 heavy (non-hydrogen) atoms. The van der Waals surface area contributed by atoms with E-state index in [0.717, 1.165) is 0 Å². The van der Waals surface area contributed by atoms with E-state index in [1.165, 1.54) is 21.6 Å². The van der Waals surface area contributed by atoms with E-state index in [9.17, 15) is 9.59 Å². The quantitative estimate of drug-likeness (QED) is 0.367. The van der Waals surface area contributed by atoms with Gasteiger partial charge in [-0.25, -0.2) is 15.1 Å². The van der Waals surface area contributed by atoms with Gasteiger partial charge in [-0.15, -0.1) is 0 Å². The number of amides is 1. The Bertz CT molecular complexity index is 448. The van der Waals surface area contributed by atoms with E-state index in [0.29, 0.717) is 0 Å². The minimum atomic E-state index is -0.968. The summed E-state index contributed by atoms with van der Waals surface area (Å²) in [6.45, 7) is 4.95. The largest absolute Gasteiger partial charge is 0.449 e. The fourth-order valence-electron chi connectivity index (χ4n) is 1.51. The van der Waals surface area contributed by atoms with Crippen LogP contribution in [0.1, 0.15) is 27.2 Å². The maximum atomic E-state index is 12.0. The topological polar surface area (TPSA) is 125 Å². The SMILES string of the molecule is CSSC(CN=N)C[C@H](NC(=O)OC(C)(C)C)C(=O)OCC#N. The Hall–Kier alpha value is -1.47. The van der Waals surface area contributed by atoms with E-state index in [1.54, 1.807) is 26.8 Å². The zero-order chi connectivity index (χ0) is 17.9. The Balaban J connectivity index is 4.92. The number of nitrogens with zero attached hydrogens (tertiary/aromatic N) is 2. The summed E-state index contributed by atoms with van der Waals surface area (Å²) < 4.78 is 9.91. The normalized spacial score (nSPS) is 13.3. The van der Waals surface area contributed by atoms with Gasteiger partial charge in [-0.05, 0) is 33.4 Å². The number of hydrogen-bond acceptors (Lipinski definition) is 9. The van der Waals surface area contributed by atoms with Crippen LogP contribution >= 0.6 is 21.6 Å². The second-order valence-corrected chi connectivity index (χ2v) is 8.20. The van der Waals surface area contributed by atoms with Gasteiger partial charge in [0, 0.05) is 5.25 Å². The van der Waals surface area contributed by atoms with Gasteiger partial charge < -0.3 is 14.8 Å². The van der Waals surface area contributed by atoms with Crippen LogP contribution in [0, 0.1) is 16.9 Å². The van der Waals surface area contributed by atoms with Crippen LogP contribution in [-0.4, -0.2) is 48.4 Å². The minimum absolute atomic E-state index is 0.155. The fourth-order valence-corrected chi connectivity index (χ4v) is 3.43. The van der Waals surface area contributed by atoms with Crippen molar-refractivity contribution in [3.8, 4) is 6.07 Å². The third kappa shape index (κ3) is 10.8. The number of esters is 1. The predicted molar refractivity (Wildman–Crippen MR) is 89.3 cm³/mol. The predicted octanol–water partition coefficient (Wildman–Crippen LogP) is 2.75.